The minimum Gasteiger partial charge on any atom is -0.206 e. The fourth-order valence-electron chi connectivity index (χ4n) is 1.43. The van der Waals surface area contributed by atoms with E-state index in [-0.39, 0.29) is 5.82 Å². The Morgan fingerprint density at radius 2 is 1.81 bits per heavy atom. The molecule has 0 aliphatic rings. The largest absolute Gasteiger partial charge is 0.206 e. The van der Waals surface area contributed by atoms with E-state index in [0.29, 0.717) is 10.6 Å². The highest BCUT2D eigenvalue weighted by Gasteiger charge is 2.09. The third-order valence-corrected chi connectivity index (χ3v) is 3.30. The molecular formula is C12H7BrClFS. The Morgan fingerprint density at radius 3 is 2.50 bits per heavy atom. The molecule has 0 N–H and O–H groups in total. The van der Waals surface area contributed by atoms with Crippen molar-refractivity contribution in [2.45, 2.75) is 4.90 Å². The third kappa shape index (κ3) is 2.42. The van der Waals surface area contributed by atoms with Gasteiger partial charge in [0.2, 0.25) is 0 Å². The highest BCUT2D eigenvalue weighted by atomic mass is 79.9. The lowest BCUT2D eigenvalue weighted by atomic mass is 10.1. The van der Waals surface area contributed by atoms with Crippen molar-refractivity contribution in [2.24, 2.45) is 0 Å². The van der Waals surface area contributed by atoms with Crippen molar-refractivity contribution in [1.82, 2.24) is 0 Å². The molecule has 2 rings (SSSR count). The molecule has 0 amide bonds. The molecule has 0 spiro atoms. The molecular weight excluding hydrogens is 311 g/mol. The van der Waals surface area contributed by atoms with Crippen LogP contribution in [0.25, 0.3) is 11.1 Å². The average Bonchev–Trinajstić information content (AvgIpc) is 2.22. The molecule has 2 aromatic rings. The van der Waals surface area contributed by atoms with E-state index in [4.69, 9.17) is 11.6 Å². The summed E-state index contributed by atoms with van der Waals surface area (Å²) in [5.41, 5.74) is 1.24. The quantitative estimate of drug-likeness (QED) is 0.687. The maximum atomic E-state index is 13.7. The highest BCUT2D eigenvalue weighted by molar-refractivity contribution is 9.10. The lowest BCUT2D eigenvalue weighted by Crippen LogP contribution is -1.86. The summed E-state index contributed by atoms with van der Waals surface area (Å²) in [6, 6.07) is 10.1. The summed E-state index contributed by atoms with van der Waals surface area (Å²) in [6.45, 7) is 0. The van der Waals surface area contributed by atoms with E-state index in [1.165, 1.54) is 6.07 Å². The van der Waals surface area contributed by atoms with Gasteiger partial charge in [-0.2, -0.15) is 0 Å². The topological polar surface area (TPSA) is 0 Å². The molecule has 0 radical (unpaired) electrons. The number of thiol groups is 1. The van der Waals surface area contributed by atoms with Crippen LogP contribution in [-0.2, 0) is 0 Å². The van der Waals surface area contributed by atoms with Crippen molar-refractivity contribution in [3.8, 4) is 11.1 Å². The number of hydrogen-bond acceptors (Lipinski definition) is 1. The molecule has 4 heteroatoms. The van der Waals surface area contributed by atoms with E-state index in [1.54, 1.807) is 12.1 Å². The summed E-state index contributed by atoms with van der Waals surface area (Å²) in [7, 11) is 0. The summed E-state index contributed by atoms with van der Waals surface area (Å²) in [6.07, 6.45) is 0. The molecule has 82 valence electrons. The molecule has 2 aromatic carbocycles. The van der Waals surface area contributed by atoms with Crippen molar-refractivity contribution in [2.75, 3.05) is 0 Å². The fourth-order valence-corrected chi connectivity index (χ4v) is 2.21. The second-order valence-corrected chi connectivity index (χ2v) is 5.12. The Hall–Kier alpha value is -0.510. The minimum absolute atomic E-state index is 0.346. The first kappa shape index (κ1) is 12.0. The maximum Gasteiger partial charge on any atom is 0.132 e. The maximum absolute atomic E-state index is 13.7. The Bertz CT molecular complexity index is 543. The molecule has 0 heterocycles. The Morgan fingerprint density at radius 1 is 1.06 bits per heavy atom. The fraction of sp³-hybridized carbons (Fsp3) is 0. The van der Waals surface area contributed by atoms with E-state index >= 15 is 0 Å². The summed E-state index contributed by atoms with van der Waals surface area (Å²) in [5, 5.41) is 0.386. The van der Waals surface area contributed by atoms with Gasteiger partial charge in [-0.3, -0.25) is 0 Å². The van der Waals surface area contributed by atoms with E-state index < -0.39 is 0 Å². The summed E-state index contributed by atoms with van der Waals surface area (Å²) in [4.78, 5) is 0.726. The van der Waals surface area contributed by atoms with Gasteiger partial charge < -0.3 is 0 Å². The van der Waals surface area contributed by atoms with Gasteiger partial charge in [0.1, 0.15) is 5.82 Å². The number of rotatable bonds is 1. The Kier molecular flexibility index (Phi) is 3.57. The van der Waals surface area contributed by atoms with Crippen LogP contribution in [0, 0.1) is 5.82 Å². The van der Waals surface area contributed by atoms with Crippen LogP contribution in [0.1, 0.15) is 0 Å². The zero-order valence-electron chi connectivity index (χ0n) is 8.05. The molecule has 0 nitrogen and oxygen atoms in total. The monoisotopic (exact) mass is 316 g/mol. The number of halogens is 3. The molecule has 0 aliphatic heterocycles. The first-order chi connectivity index (χ1) is 7.58. The molecule has 0 aromatic heterocycles. The van der Waals surface area contributed by atoms with Gasteiger partial charge in [0, 0.05) is 20.0 Å². The van der Waals surface area contributed by atoms with Crippen LogP contribution in [0.15, 0.2) is 45.8 Å². The van der Waals surface area contributed by atoms with Gasteiger partial charge in [-0.15, -0.1) is 12.6 Å². The minimum atomic E-state index is -0.346. The van der Waals surface area contributed by atoms with Crippen molar-refractivity contribution in [1.29, 1.82) is 0 Å². The zero-order valence-corrected chi connectivity index (χ0v) is 11.3. The van der Waals surface area contributed by atoms with Crippen LogP contribution in [0.4, 0.5) is 4.39 Å². The van der Waals surface area contributed by atoms with E-state index in [2.05, 4.69) is 28.6 Å². The van der Waals surface area contributed by atoms with Gasteiger partial charge in [-0.25, -0.2) is 4.39 Å². The molecule has 0 unspecified atom stereocenters. The van der Waals surface area contributed by atoms with E-state index in [9.17, 15) is 4.39 Å². The van der Waals surface area contributed by atoms with Crippen molar-refractivity contribution < 1.29 is 4.39 Å². The lowest BCUT2D eigenvalue weighted by molar-refractivity contribution is 0.631. The summed E-state index contributed by atoms with van der Waals surface area (Å²) in [5.74, 6) is -0.346. The second-order valence-electron chi connectivity index (χ2n) is 3.29. The zero-order chi connectivity index (χ0) is 11.7. The molecule has 0 atom stereocenters. The average molecular weight is 318 g/mol. The van der Waals surface area contributed by atoms with Crippen LogP contribution in [0.2, 0.25) is 5.02 Å². The molecule has 0 bridgehead atoms. The van der Waals surface area contributed by atoms with Crippen LogP contribution >= 0.6 is 40.2 Å². The molecule has 0 saturated heterocycles. The SMILES string of the molecule is Fc1cc(Cl)ccc1-c1cc(Br)ccc1S. The standard InChI is InChI=1S/C12H7BrClFS/c13-7-1-4-12(16)10(5-7)9-3-2-8(14)6-11(9)15/h1-6,16H. The van der Waals surface area contributed by atoms with Crippen molar-refractivity contribution in [3.05, 3.63) is 51.7 Å². The predicted octanol–water partition coefficient (Wildman–Crippen LogP) is 5.20. The first-order valence-corrected chi connectivity index (χ1v) is 6.13. The van der Waals surface area contributed by atoms with Crippen molar-refractivity contribution >= 4 is 40.2 Å². The van der Waals surface area contributed by atoms with Gasteiger partial charge in [0.15, 0.2) is 0 Å². The Balaban J connectivity index is 2.62. The van der Waals surface area contributed by atoms with Gasteiger partial charge in [0.05, 0.1) is 0 Å². The van der Waals surface area contributed by atoms with Gasteiger partial charge in [-0.05, 0) is 42.0 Å². The van der Waals surface area contributed by atoms with Gasteiger partial charge in [-0.1, -0.05) is 27.5 Å². The molecule has 0 fully saturated rings. The third-order valence-electron chi connectivity index (χ3n) is 2.18. The lowest BCUT2D eigenvalue weighted by Gasteiger charge is -2.07. The molecule has 0 saturated carbocycles. The Labute approximate surface area is 112 Å². The van der Waals surface area contributed by atoms with Gasteiger partial charge >= 0.3 is 0 Å². The smallest absolute Gasteiger partial charge is 0.132 e. The summed E-state index contributed by atoms with van der Waals surface area (Å²) >= 11 is 13.4. The van der Waals surface area contributed by atoms with E-state index in [0.717, 1.165) is 14.9 Å². The number of hydrogen-bond donors (Lipinski definition) is 1. The molecule has 16 heavy (non-hydrogen) atoms. The predicted molar refractivity (Wildman–Crippen MR) is 71.8 cm³/mol. The van der Waals surface area contributed by atoms with Crippen LogP contribution in [0.3, 0.4) is 0 Å². The van der Waals surface area contributed by atoms with Crippen LogP contribution < -0.4 is 0 Å². The number of benzene rings is 2. The second kappa shape index (κ2) is 4.78. The molecule has 0 aliphatic carbocycles. The summed E-state index contributed by atoms with van der Waals surface area (Å²) < 4.78 is 14.6. The van der Waals surface area contributed by atoms with E-state index in [1.807, 2.05) is 18.2 Å². The normalized spacial score (nSPS) is 10.5. The highest BCUT2D eigenvalue weighted by Crippen LogP contribution is 2.32. The van der Waals surface area contributed by atoms with Gasteiger partial charge in [0.25, 0.3) is 0 Å². The first-order valence-electron chi connectivity index (χ1n) is 4.52. The van der Waals surface area contributed by atoms with Crippen molar-refractivity contribution in [3.63, 3.8) is 0 Å². The van der Waals surface area contributed by atoms with Crippen LogP contribution in [0.5, 0.6) is 0 Å². The van der Waals surface area contributed by atoms with Crippen LogP contribution in [-0.4, -0.2) is 0 Å².